The molecule has 0 atom stereocenters. The molecule has 30 heavy (non-hydrogen) atoms. The Bertz CT molecular complexity index is 1060. The number of hydrogen-bond donors (Lipinski definition) is 2. The van der Waals surface area contributed by atoms with Crippen LogP contribution in [0.4, 0.5) is 5.00 Å². The van der Waals surface area contributed by atoms with Crippen LogP contribution in [0, 0.1) is 6.92 Å². The molecule has 2 N–H and O–H groups in total. The van der Waals surface area contributed by atoms with Crippen LogP contribution in [-0.4, -0.2) is 47.3 Å². The number of nitrogens with zero attached hydrogens (tertiary/aromatic N) is 1. The molecule has 0 unspecified atom stereocenters. The summed E-state index contributed by atoms with van der Waals surface area (Å²) in [7, 11) is 1.25. The van der Waals surface area contributed by atoms with E-state index in [4.69, 9.17) is 9.47 Å². The number of amides is 1. The molecule has 3 aromatic rings. The number of thioether (sulfide) groups is 1. The van der Waals surface area contributed by atoms with E-state index in [2.05, 4.69) is 15.3 Å². The van der Waals surface area contributed by atoms with Crippen molar-refractivity contribution in [3.63, 3.8) is 0 Å². The molecular weight excluding hydrogens is 426 g/mol. The summed E-state index contributed by atoms with van der Waals surface area (Å²) in [5.74, 6) is -0.938. The molecule has 0 radical (unpaired) electrons. The van der Waals surface area contributed by atoms with Gasteiger partial charge in [-0.2, -0.15) is 0 Å². The van der Waals surface area contributed by atoms with Crippen molar-refractivity contribution in [3.8, 4) is 0 Å². The number of ether oxygens (including phenoxy) is 2. The highest BCUT2D eigenvalue weighted by molar-refractivity contribution is 7.99. The van der Waals surface area contributed by atoms with Crippen LogP contribution in [0.1, 0.15) is 38.9 Å². The second-order valence-corrected chi connectivity index (χ2v) is 8.28. The number of fused-ring (bicyclic) bond motifs is 1. The molecule has 0 aliphatic rings. The lowest BCUT2D eigenvalue weighted by atomic mass is 10.1. The van der Waals surface area contributed by atoms with Crippen molar-refractivity contribution in [2.45, 2.75) is 25.4 Å². The summed E-state index contributed by atoms with van der Waals surface area (Å²) in [6.07, 6.45) is 0.202. The third kappa shape index (κ3) is 4.82. The average molecular weight is 448 g/mol. The number of carbonyl (C=O) groups is 3. The molecule has 0 saturated carbocycles. The monoisotopic (exact) mass is 447 g/mol. The summed E-state index contributed by atoms with van der Waals surface area (Å²) < 4.78 is 9.84. The molecule has 1 aromatic carbocycles. The van der Waals surface area contributed by atoms with Crippen LogP contribution in [0.3, 0.4) is 0 Å². The van der Waals surface area contributed by atoms with Gasteiger partial charge in [-0.15, -0.1) is 11.3 Å². The first-order valence-electron chi connectivity index (χ1n) is 9.20. The van der Waals surface area contributed by atoms with Crippen molar-refractivity contribution in [2.24, 2.45) is 0 Å². The van der Waals surface area contributed by atoms with E-state index < -0.39 is 11.9 Å². The number of rotatable bonds is 8. The Kier molecular flexibility index (Phi) is 7.11. The van der Waals surface area contributed by atoms with Gasteiger partial charge in [-0.05, 0) is 31.5 Å². The smallest absolute Gasteiger partial charge is 0.348 e. The van der Waals surface area contributed by atoms with Gasteiger partial charge in [0.1, 0.15) is 9.88 Å². The van der Waals surface area contributed by atoms with E-state index in [1.165, 1.54) is 18.9 Å². The maximum atomic E-state index is 12.4. The zero-order valence-corrected chi connectivity index (χ0v) is 18.4. The zero-order chi connectivity index (χ0) is 21.7. The van der Waals surface area contributed by atoms with Crippen LogP contribution < -0.4 is 5.32 Å². The lowest BCUT2D eigenvalue weighted by molar-refractivity contribution is -0.115. The van der Waals surface area contributed by atoms with Crippen molar-refractivity contribution in [3.05, 3.63) is 40.3 Å². The topological polar surface area (TPSA) is 110 Å². The highest BCUT2D eigenvalue weighted by atomic mass is 32.2. The molecule has 3 rings (SSSR count). The maximum absolute atomic E-state index is 12.4. The van der Waals surface area contributed by atoms with E-state index in [1.54, 1.807) is 13.8 Å². The Labute approximate surface area is 181 Å². The second-order valence-electron chi connectivity index (χ2n) is 6.18. The number of carbonyl (C=O) groups excluding carboxylic acids is 3. The molecule has 1 amide bonds. The summed E-state index contributed by atoms with van der Waals surface area (Å²) in [4.78, 5) is 44.7. The zero-order valence-electron chi connectivity index (χ0n) is 16.7. The number of thiophene rings is 1. The average Bonchev–Trinajstić information content (AvgIpc) is 3.28. The van der Waals surface area contributed by atoms with Crippen LogP contribution in [0.2, 0.25) is 0 Å². The lowest BCUT2D eigenvalue weighted by Crippen LogP contribution is -2.14. The maximum Gasteiger partial charge on any atom is 0.348 e. The number of aromatic nitrogens is 2. The number of anilines is 1. The van der Waals surface area contributed by atoms with Crippen molar-refractivity contribution in [1.29, 1.82) is 0 Å². The second kappa shape index (κ2) is 9.77. The predicted molar refractivity (Wildman–Crippen MR) is 116 cm³/mol. The van der Waals surface area contributed by atoms with E-state index in [0.29, 0.717) is 11.3 Å². The first-order chi connectivity index (χ1) is 14.4. The van der Waals surface area contributed by atoms with Crippen LogP contribution in [-0.2, 0) is 14.3 Å². The highest BCUT2D eigenvalue weighted by Gasteiger charge is 2.26. The number of imidazole rings is 1. The third-order valence-corrected chi connectivity index (χ3v) is 6.25. The van der Waals surface area contributed by atoms with Gasteiger partial charge in [0, 0.05) is 12.2 Å². The molecule has 0 spiro atoms. The third-order valence-electron chi connectivity index (χ3n) is 4.19. The van der Waals surface area contributed by atoms with E-state index in [0.717, 1.165) is 27.5 Å². The molecule has 2 heterocycles. The summed E-state index contributed by atoms with van der Waals surface area (Å²) in [6.45, 7) is 3.54. The van der Waals surface area contributed by atoms with E-state index in [-0.39, 0.29) is 34.4 Å². The minimum atomic E-state index is -0.619. The number of aromatic amines is 1. The summed E-state index contributed by atoms with van der Waals surface area (Å²) in [5, 5.41) is 3.73. The van der Waals surface area contributed by atoms with Crippen LogP contribution >= 0.6 is 23.1 Å². The number of esters is 2. The summed E-state index contributed by atoms with van der Waals surface area (Å²) in [5.41, 5.74) is 2.40. The lowest BCUT2D eigenvalue weighted by Gasteiger charge is -2.05. The van der Waals surface area contributed by atoms with Gasteiger partial charge >= 0.3 is 11.9 Å². The van der Waals surface area contributed by atoms with Gasteiger partial charge in [0.05, 0.1) is 30.3 Å². The Morgan fingerprint density at radius 2 is 2.00 bits per heavy atom. The fourth-order valence-corrected chi connectivity index (χ4v) is 4.70. The molecular formula is C20H21N3O5S2. The number of methoxy groups -OCH3 is 1. The fourth-order valence-electron chi connectivity index (χ4n) is 2.77. The van der Waals surface area contributed by atoms with Gasteiger partial charge in [-0.25, -0.2) is 14.6 Å². The Morgan fingerprint density at radius 3 is 2.70 bits per heavy atom. The van der Waals surface area contributed by atoms with Gasteiger partial charge in [-0.3, -0.25) is 4.79 Å². The number of nitrogens with one attached hydrogen (secondary N) is 2. The molecule has 158 valence electrons. The minimum Gasteiger partial charge on any atom is -0.465 e. The molecule has 0 fully saturated rings. The highest BCUT2D eigenvalue weighted by Crippen LogP contribution is 2.34. The minimum absolute atomic E-state index is 0.170. The molecule has 0 bridgehead atoms. The van der Waals surface area contributed by atoms with E-state index in [1.807, 2.05) is 24.3 Å². The van der Waals surface area contributed by atoms with Gasteiger partial charge in [0.2, 0.25) is 5.91 Å². The Morgan fingerprint density at radius 1 is 1.23 bits per heavy atom. The van der Waals surface area contributed by atoms with E-state index in [9.17, 15) is 14.4 Å². The molecule has 0 saturated heterocycles. The Balaban J connectivity index is 1.66. The molecule has 2 aromatic heterocycles. The summed E-state index contributed by atoms with van der Waals surface area (Å²) in [6, 6.07) is 7.69. The van der Waals surface area contributed by atoms with Gasteiger partial charge < -0.3 is 19.8 Å². The molecule has 0 aliphatic heterocycles. The first-order valence-corrected chi connectivity index (χ1v) is 11.0. The molecule has 0 aliphatic carbocycles. The van der Waals surface area contributed by atoms with Crippen molar-refractivity contribution < 1.29 is 23.9 Å². The predicted octanol–water partition coefficient (Wildman–Crippen LogP) is 4.02. The van der Waals surface area contributed by atoms with Crippen LogP contribution in [0.5, 0.6) is 0 Å². The standard InChI is InChI=1S/C20H21N3O5S2/c1-4-28-19(26)16-11(2)15(18(25)27-3)17(30-16)23-14(24)9-10-29-20-21-12-7-5-6-8-13(12)22-20/h5-8H,4,9-10H2,1-3H3,(H,21,22)(H,23,24). The largest absolute Gasteiger partial charge is 0.465 e. The normalized spacial score (nSPS) is 10.8. The van der Waals surface area contributed by atoms with Crippen molar-refractivity contribution >= 4 is 57.0 Å². The number of hydrogen-bond acceptors (Lipinski definition) is 8. The molecule has 8 nitrogen and oxygen atoms in total. The summed E-state index contributed by atoms with van der Waals surface area (Å²) >= 11 is 2.44. The van der Waals surface area contributed by atoms with Gasteiger partial charge in [0.25, 0.3) is 0 Å². The van der Waals surface area contributed by atoms with Crippen molar-refractivity contribution in [2.75, 3.05) is 24.8 Å². The SMILES string of the molecule is CCOC(=O)c1sc(NC(=O)CCSc2nc3ccccc3[nH]2)c(C(=O)OC)c1C. The van der Waals surface area contributed by atoms with Gasteiger partial charge in [0.15, 0.2) is 5.16 Å². The molecule has 10 heteroatoms. The number of benzene rings is 1. The van der Waals surface area contributed by atoms with Crippen molar-refractivity contribution in [1.82, 2.24) is 9.97 Å². The number of para-hydroxylation sites is 2. The number of H-pyrrole nitrogens is 1. The van der Waals surface area contributed by atoms with E-state index >= 15 is 0 Å². The van der Waals surface area contributed by atoms with Crippen LogP contribution in [0.15, 0.2) is 29.4 Å². The van der Waals surface area contributed by atoms with Gasteiger partial charge in [-0.1, -0.05) is 23.9 Å². The fraction of sp³-hybridized carbons (Fsp3) is 0.300. The quantitative estimate of drug-likeness (QED) is 0.396. The Hall–Kier alpha value is -2.85. The van der Waals surface area contributed by atoms with Crippen LogP contribution in [0.25, 0.3) is 11.0 Å². The first kappa shape index (κ1) is 21.8.